The van der Waals surface area contributed by atoms with Crippen LogP contribution in [0.4, 0.5) is 0 Å². The molecule has 0 saturated carbocycles. The van der Waals surface area contributed by atoms with Crippen LogP contribution in [-0.2, 0) is 0 Å². The highest BCUT2D eigenvalue weighted by atomic mass is 79.9. The predicted octanol–water partition coefficient (Wildman–Crippen LogP) is 4.30. The molecule has 0 unspecified atom stereocenters. The Kier molecular flexibility index (Phi) is 3.21. The van der Waals surface area contributed by atoms with Crippen molar-refractivity contribution in [1.82, 2.24) is 0 Å². The first-order valence-corrected chi connectivity index (χ1v) is 8.64. The Morgan fingerprint density at radius 1 is 0.480 bits per heavy atom. The summed E-state index contributed by atoms with van der Waals surface area (Å²) in [4.78, 5) is 18.5. The fraction of sp³-hybridized carbons (Fsp3) is 0. The molecule has 0 spiro atoms. The summed E-state index contributed by atoms with van der Waals surface area (Å²) in [5.41, 5.74) is 7.00. The van der Waals surface area contributed by atoms with E-state index in [9.17, 15) is 0 Å². The average Bonchev–Trinajstić information content (AvgIpc) is 3.33. The summed E-state index contributed by atoms with van der Waals surface area (Å²) in [5.74, 6) is 0. The number of fused-ring (bicyclic) bond motifs is 4. The van der Waals surface area contributed by atoms with Crippen LogP contribution in [0.15, 0.2) is 114 Å². The first-order chi connectivity index (χ1) is 12.2. The van der Waals surface area contributed by atoms with Crippen LogP contribution in [-0.4, -0.2) is 22.8 Å². The Morgan fingerprint density at radius 2 is 0.960 bits per heavy atom. The van der Waals surface area contributed by atoms with Gasteiger partial charge < -0.3 is 0 Å². The van der Waals surface area contributed by atoms with Crippen molar-refractivity contribution in [3.63, 3.8) is 0 Å². The smallest absolute Gasteiger partial charge is 0.0801 e. The van der Waals surface area contributed by atoms with Gasteiger partial charge in [0.1, 0.15) is 0 Å². The largest absolute Gasteiger partial charge is 0.249 e. The zero-order valence-corrected chi connectivity index (χ0v) is 14.6. The van der Waals surface area contributed by atoms with Crippen molar-refractivity contribution in [1.29, 1.82) is 0 Å². The first-order valence-electron chi connectivity index (χ1n) is 7.85. The second-order valence-corrected chi connectivity index (χ2v) is 6.73. The molecule has 0 radical (unpaired) electrons. The van der Waals surface area contributed by atoms with Gasteiger partial charge >= 0.3 is 0 Å². The average molecular weight is 387 g/mol. The molecule has 0 aromatic carbocycles. The van der Waals surface area contributed by atoms with Crippen molar-refractivity contribution in [3.8, 4) is 0 Å². The van der Waals surface area contributed by atoms with Crippen LogP contribution in [0.3, 0.4) is 0 Å². The molecule has 8 bridgehead atoms. The highest BCUT2D eigenvalue weighted by molar-refractivity contribution is 9.12. The van der Waals surface area contributed by atoms with Gasteiger partial charge in [0.2, 0.25) is 0 Å². The molecule has 5 heterocycles. The van der Waals surface area contributed by atoms with Gasteiger partial charge in [0, 0.05) is 4.48 Å². The van der Waals surface area contributed by atoms with E-state index in [0.717, 1.165) is 50.1 Å². The van der Waals surface area contributed by atoms with E-state index in [0.29, 0.717) is 0 Å². The lowest BCUT2D eigenvalue weighted by Gasteiger charge is -1.94. The van der Waals surface area contributed by atoms with Crippen molar-refractivity contribution < 1.29 is 0 Å². The van der Waals surface area contributed by atoms with Gasteiger partial charge in [-0.25, -0.2) is 20.0 Å². The molecule has 0 amide bonds. The monoisotopic (exact) mass is 386 g/mol. The third-order valence-electron chi connectivity index (χ3n) is 3.99. The lowest BCUT2D eigenvalue weighted by atomic mass is 10.2. The minimum atomic E-state index is 0.857. The lowest BCUT2D eigenvalue weighted by Crippen LogP contribution is -1.90. The molecule has 0 N–H and O–H groups in total. The lowest BCUT2D eigenvalue weighted by molar-refractivity contribution is 1.41. The molecule has 5 aliphatic rings. The minimum Gasteiger partial charge on any atom is -0.249 e. The van der Waals surface area contributed by atoms with Gasteiger partial charge in [0.05, 0.1) is 45.6 Å². The summed E-state index contributed by atoms with van der Waals surface area (Å²) < 4.78 is 0.942. The van der Waals surface area contributed by atoms with Crippen LogP contribution in [0.2, 0.25) is 0 Å². The van der Waals surface area contributed by atoms with Gasteiger partial charge in [-0.05, 0) is 82.8 Å². The molecule has 0 saturated heterocycles. The molecule has 0 aliphatic carbocycles. The fourth-order valence-corrected chi connectivity index (χ4v) is 3.30. The van der Waals surface area contributed by atoms with Crippen LogP contribution >= 0.6 is 15.9 Å². The molecule has 0 fully saturated rings. The van der Waals surface area contributed by atoms with E-state index in [1.807, 2.05) is 66.8 Å². The highest BCUT2D eigenvalue weighted by Gasteiger charge is 2.15. The second-order valence-electron chi connectivity index (χ2n) is 5.88. The van der Waals surface area contributed by atoms with E-state index in [1.54, 1.807) is 0 Å². The third-order valence-corrected chi connectivity index (χ3v) is 4.63. The van der Waals surface area contributed by atoms with Gasteiger partial charge in [0.15, 0.2) is 0 Å². The van der Waals surface area contributed by atoms with Crippen LogP contribution in [0.1, 0.15) is 0 Å². The van der Waals surface area contributed by atoms with Crippen molar-refractivity contribution in [2.75, 3.05) is 0 Å². The van der Waals surface area contributed by atoms with Gasteiger partial charge in [-0.1, -0.05) is 0 Å². The van der Waals surface area contributed by atoms with E-state index < -0.39 is 0 Å². The van der Waals surface area contributed by atoms with Gasteiger partial charge in [0.25, 0.3) is 0 Å². The maximum absolute atomic E-state index is 4.65. The Hall–Kier alpha value is -2.92. The summed E-state index contributed by atoms with van der Waals surface area (Å²) in [6.45, 7) is 0. The van der Waals surface area contributed by atoms with Crippen LogP contribution in [0.5, 0.6) is 0 Å². The molecule has 25 heavy (non-hydrogen) atoms. The topological polar surface area (TPSA) is 49.4 Å². The number of hydrogen-bond donors (Lipinski definition) is 0. The zero-order chi connectivity index (χ0) is 16.8. The molecular weight excluding hydrogens is 376 g/mol. The molecule has 118 valence electrons. The Morgan fingerprint density at radius 3 is 1.52 bits per heavy atom. The van der Waals surface area contributed by atoms with E-state index in [2.05, 4.69) is 35.9 Å². The Labute approximate surface area is 153 Å². The minimum absolute atomic E-state index is 0.857. The van der Waals surface area contributed by atoms with E-state index >= 15 is 0 Å². The van der Waals surface area contributed by atoms with Gasteiger partial charge in [-0.2, -0.15) is 0 Å². The summed E-state index contributed by atoms with van der Waals surface area (Å²) in [6.07, 6.45) is 21.8. The summed E-state index contributed by atoms with van der Waals surface area (Å²) in [6, 6.07) is 0. The van der Waals surface area contributed by atoms with E-state index in [4.69, 9.17) is 0 Å². The van der Waals surface area contributed by atoms with Crippen molar-refractivity contribution >= 4 is 38.8 Å². The number of allylic oxidation sites excluding steroid dienone is 12. The number of aliphatic imine (C=N–C) groups is 4. The summed E-state index contributed by atoms with van der Waals surface area (Å²) >= 11 is 3.57. The summed E-state index contributed by atoms with van der Waals surface area (Å²) in [5, 5.41) is 0. The highest BCUT2D eigenvalue weighted by Crippen LogP contribution is 2.25. The molecule has 0 atom stereocenters. The molecule has 0 aromatic rings. The van der Waals surface area contributed by atoms with Crippen molar-refractivity contribution in [2.45, 2.75) is 0 Å². The molecule has 5 heteroatoms. The number of rotatable bonds is 0. The quantitative estimate of drug-likeness (QED) is 0.595. The van der Waals surface area contributed by atoms with Gasteiger partial charge in [-0.3, -0.25) is 0 Å². The zero-order valence-electron chi connectivity index (χ0n) is 13.0. The second kappa shape index (κ2) is 5.57. The maximum atomic E-state index is 4.65. The Bertz CT molecular complexity index is 1080. The molecular formula is C20H11BrN4. The van der Waals surface area contributed by atoms with Crippen molar-refractivity contribution in [2.24, 2.45) is 20.0 Å². The Balaban J connectivity index is 1.66. The predicted molar refractivity (Wildman–Crippen MR) is 107 cm³/mol. The van der Waals surface area contributed by atoms with Crippen LogP contribution < -0.4 is 0 Å². The number of hydrogen-bond acceptors (Lipinski definition) is 4. The van der Waals surface area contributed by atoms with Gasteiger partial charge in [-0.15, -0.1) is 0 Å². The standard InChI is InChI=1S/C20H11BrN4/c21-19-10-18-9-16-4-3-14(23-16)7-12-1-2-13(22-12)8-15-5-6-17(24-15)11-20(19)25-18/h1-11H. The third kappa shape index (κ3) is 2.83. The van der Waals surface area contributed by atoms with Crippen molar-refractivity contribution in [3.05, 3.63) is 94.1 Å². The van der Waals surface area contributed by atoms with Crippen LogP contribution in [0.25, 0.3) is 0 Å². The fourth-order valence-electron chi connectivity index (χ4n) is 2.86. The molecule has 0 aromatic heterocycles. The maximum Gasteiger partial charge on any atom is 0.0801 e. The summed E-state index contributed by atoms with van der Waals surface area (Å²) in [7, 11) is 0. The number of halogens is 1. The molecule has 4 nitrogen and oxygen atoms in total. The van der Waals surface area contributed by atoms with Crippen LogP contribution in [0, 0.1) is 0 Å². The van der Waals surface area contributed by atoms with E-state index in [-0.39, 0.29) is 0 Å². The SMILES string of the molecule is BrC1=CC2=CC3=NC(=CC4=NC(=CC5=NC(=CC1=N2)C=C5)C=C4)C=C3. The van der Waals surface area contributed by atoms with E-state index in [1.165, 1.54) is 0 Å². The molecule has 5 rings (SSSR count). The molecule has 5 aliphatic heterocycles. The normalized spacial score (nSPS) is 22.7. The first kappa shape index (κ1) is 14.4. The number of nitrogens with zero attached hydrogens (tertiary/aromatic N) is 4.